The molecule has 20 heavy (non-hydrogen) atoms. The van der Waals surface area contributed by atoms with Crippen molar-refractivity contribution in [3.05, 3.63) is 34.9 Å². The molecule has 0 saturated heterocycles. The Labute approximate surface area is 122 Å². The maximum atomic E-state index is 11.4. The Morgan fingerprint density at radius 3 is 2.70 bits per heavy atom. The van der Waals surface area contributed by atoms with Crippen LogP contribution in [0.4, 0.5) is 0 Å². The van der Waals surface area contributed by atoms with Crippen LogP contribution in [0, 0.1) is 0 Å². The number of halogens is 1. The molecule has 1 rings (SSSR count). The third-order valence-corrected chi connectivity index (χ3v) is 2.81. The van der Waals surface area contributed by atoms with Crippen molar-refractivity contribution in [2.24, 2.45) is 0 Å². The van der Waals surface area contributed by atoms with Gasteiger partial charge in [-0.25, -0.2) is 4.79 Å². The summed E-state index contributed by atoms with van der Waals surface area (Å²) >= 11 is 6.01. The van der Waals surface area contributed by atoms with Gasteiger partial charge in [0, 0.05) is 25.7 Å². The molecule has 0 atom stereocenters. The standard InChI is InChI=1S/C14H16ClNO4/c1-16(2)13(17)8-9-20-12-5-3-4-11(15)10(12)6-7-14(18)19/h3-7H,8-9H2,1-2H3,(H,18,19)/b7-6+. The molecular weight excluding hydrogens is 282 g/mol. The van der Waals surface area contributed by atoms with Gasteiger partial charge in [-0.2, -0.15) is 0 Å². The molecule has 0 saturated carbocycles. The molecule has 6 heteroatoms. The number of carbonyl (C=O) groups is 2. The molecule has 108 valence electrons. The Hall–Kier alpha value is -2.01. The minimum Gasteiger partial charge on any atom is -0.492 e. The fourth-order valence-corrected chi connectivity index (χ4v) is 1.66. The number of nitrogens with zero attached hydrogens (tertiary/aromatic N) is 1. The van der Waals surface area contributed by atoms with Gasteiger partial charge in [-0.15, -0.1) is 0 Å². The fourth-order valence-electron chi connectivity index (χ4n) is 1.43. The Kier molecular flexibility index (Phi) is 6.06. The van der Waals surface area contributed by atoms with Crippen LogP contribution < -0.4 is 4.74 Å². The van der Waals surface area contributed by atoms with E-state index in [1.807, 2.05) is 0 Å². The number of hydrogen-bond acceptors (Lipinski definition) is 3. The maximum absolute atomic E-state index is 11.4. The molecule has 0 fully saturated rings. The lowest BCUT2D eigenvalue weighted by Crippen LogP contribution is -2.23. The van der Waals surface area contributed by atoms with Crippen molar-refractivity contribution in [1.82, 2.24) is 4.90 Å². The van der Waals surface area contributed by atoms with Gasteiger partial charge in [0.2, 0.25) is 5.91 Å². The lowest BCUT2D eigenvalue weighted by atomic mass is 10.2. The first-order valence-electron chi connectivity index (χ1n) is 5.94. The average Bonchev–Trinajstić information content (AvgIpc) is 2.37. The topological polar surface area (TPSA) is 66.8 Å². The first-order valence-corrected chi connectivity index (χ1v) is 6.32. The van der Waals surface area contributed by atoms with Crippen molar-refractivity contribution >= 4 is 29.6 Å². The number of carbonyl (C=O) groups excluding carboxylic acids is 1. The summed E-state index contributed by atoms with van der Waals surface area (Å²) < 4.78 is 5.49. The number of benzene rings is 1. The summed E-state index contributed by atoms with van der Waals surface area (Å²) in [5.41, 5.74) is 0.480. The SMILES string of the molecule is CN(C)C(=O)CCOc1cccc(Cl)c1/C=C/C(=O)O. The fraction of sp³-hybridized carbons (Fsp3) is 0.286. The summed E-state index contributed by atoms with van der Waals surface area (Å²) in [6.07, 6.45) is 2.59. The van der Waals surface area contributed by atoms with E-state index in [1.165, 1.54) is 11.0 Å². The van der Waals surface area contributed by atoms with E-state index in [0.717, 1.165) is 6.08 Å². The second-order valence-electron chi connectivity index (χ2n) is 4.21. The molecule has 1 aromatic carbocycles. The van der Waals surface area contributed by atoms with Gasteiger partial charge in [0.15, 0.2) is 0 Å². The van der Waals surface area contributed by atoms with E-state index in [4.69, 9.17) is 21.4 Å². The first-order chi connectivity index (χ1) is 9.41. The van der Waals surface area contributed by atoms with Crippen molar-refractivity contribution in [1.29, 1.82) is 0 Å². The smallest absolute Gasteiger partial charge is 0.328 e. The van der Waals surface area contributed by atoms with Gasteiger partial charge in [0.1, 0.15) is 5.75 Å². The number of carboxylic acids is 1. The van der Waals surface area contributed by atoms with Gasteiger partial charge in [-0.3, -0.25) is 4.79 Å². The maximum Gasteiger partial charge on any atom is 0.328 e. The van der Waals surface area contributed by atoms with Gasteiger partial charge in [0.25, 0.3) is 0 Å². The zero-order chi connectivity index (χ0) is 15.1. The number of ether oxygens (including phenoxy) is 1. The molecule has 0 radical (unpaired) electrons. The quantitative estimate of drug-likeness (QED) is 0.818. The zero-order valence-electron chi connectivity index (χ0n) is 11.3. The Morgan fingerprint density at radius 1 is 1.40 bits per heavy atom. The van der Waals surface area contributed by atoms with Crippen molar-refractivity contribution in [3.8, 4) is 5.75 Å². The highest BCUT2D eigenvalue weighted by Gasteiger charge is 2.08. The lowest BCUT2D eigenvalue weighted by Gasteiger charge is -2.12. The third kappa shape index (κ3) is 4.93. The molecule has 0 aromatic heterocycles. The van der Waals surface area contributed by atoms with E-state index in [9.17, 15) is 9.59 Å². The van der Waals surface area contributed by atoms with Crippen molar-refractivity contribution in [2.75, 3.05) is 20.7 Å². The summed E-state index contributed by atoms with van der Waals surface area (Å²) in [6, 6.07) is 5.01. The van der Waals surface area contributed by atoms with Crippen LogP contribution in [-0.4, -0.2) is 42.6 Å². The minimum atomic E-state index is -1.07. The minimum absolute atomic E-state index is 0.0466. The van der Waals surface area contributed by atoms with E-state index in [1.54, 1.807) is 32.3 Å². The normalized spacial score (nSPS) is 10.6. The van der Waals surface area contributed by atoms with Gasteiger partial charge in [-0.05, 0) is 18.2 Å². The number of rotatable bonds is 6. The molecule has 1 aromatic rings. The average molecular weight is 298 g/mol. The van der Waals surface area contributed by atoms with E-state index in [-0.39, 0.29) is 18.9 Å². The van der Waals surface area contributed by atoms with Crippen molar-refractivity contribution in [2.45, 2.75) is 6.42 Å². The Morgan fingerprint density at radius 2 is 2.10 bits per heavy atom. The molecule has 0 aliphatic heterocycles. The molecule has 1 amide bonds. The highest BCUT2D eigenvalue weighted by Crippen LogP contribution is 2.27. The molecular formula is C14H16ClNO4. The van der Waals surface area contributed by atoms with Gasteiger partial charge in [-0.1, -0.05) is 17.7 Å². The van der Waals surface area contributed by atoms with Crippen LogP contribution in [0.15, 0.2) is 24.3 Å². The highest BCUT2D eigenvalue weighted by molar-refractivity contribution is 6.32. The predicted molar refractivity (Wildman–Crippen MR) is 76.9 cm³/mol. The second-order valence-corrected chi connectivity index (χ2v) is 4.62. The van der Waals surface area contributed by atoms with Gasteiger partial charge < -0.3 is 14.7 Å². The summed E-state index contributed by atoms with van der Waals surface area (Å²) in [5.74, 6) is -0.671. The van der Waals surface area contributed by atoms with Gasteiger partial charge in [0.05, 0.1) is 18.1 Å². The largest absolute Gasteiger partial charge is 0.492 e. The predicted octanol–water partition coefficient (Wildman–Crippen LogP) is 2.29. The second kappa shape index (κ2) is 7.55. The van der Waals surface area contributed by atoms with E-state index >= 15 is 0 Å². The van der Waals surface area contributed by atoms with Crippen LogP contribution in [0.5, 0.6) is 5.75 Å². The number of aliphatic carboxylic acids is 1. The molecule has 0 spiro atoms. The molecule has 0 aliphatic rings. The van der Waals surface area contributed by atoms with Crippen molar-refractivity contribution in [3.63, 3.8) is 0 Å². The molecule has 0 aliphatic carbocycles. The molecule has 1 N–H and O–H groups in total. The Balaban J connectivity index is 2.77. The number of hydrogen-bond donors (Lipinski definition) is 1. The third-order valence-electron chi connectivity index (χ3n) is 2.48. The summed E-state index contributed by atoms with van der Waals surface area (Å²) in [4.78, 5) is 23.5. The summed E-state index contributed by atoms with van der Waals surface area (Å²) in [7, 11) is 3.34. The molecule has 5 nitrogen and oxygen atoms in total. The van der Waals surface area contributed by atoms with Crippen LogP contribution in [0.3, 0.4) is 0 Å². The van der Waals surface area contributed by atoms with Crippen LogP contribution in [-0.2, 0) is 9.59 Å². The number of carboxylic acid groups (broad SMARTS) is 1. The summed E-state index contributed by atoms with van der Waals surface area (Å²) in [6.45, 7) is 0.200. The van der Waals surface area contributed by atoms with Crippen LogP contribution in [0.1, 0.15) is 12.0 Å². The van der Waals surface area contributed by atoms with E-state index < -0.39 is 5.97 Å². The molecule has 0 bridgehead atoms. The highest BCUT2D eigenvalue weighted by atomic mass is 35.5. The van der Waals surface area contributed by atoms with Crippen LogP contribution >= 0.6 is 11.6 Å². The van der Waals surface area contributed by atoms with Crippen molar-refractivity contribution < 1.29 is 19.4 Å². The number of amides is 1. The Bertz CT molecular complexity index is 526. The molecule has 0 unspecified atom stereocenters. The summed E-state index contributed by atoms with van der Waals surface area (Å²) in [5, 5.41) is 9.03. The van der Waals surface area contributed by atoms with Crippen LogP contribution in [0.25, 0.3) is 6.08 Å². The first kappa shape index (κ1) is 16.0. The molecule has 0 heterocycles. The zero-order valence-corrected chi connectivity index (χ0v) is 12.1. The van der Waals surface area contributed by atoms with Gasteiger partial charge >= 0.3 is 5.97 Å². The monoisotopic (exact) mass is 297 g/mol. The van der Waals surface area contributed by atoms with E-state index in [2.05, 4.69) is 0 Å². The van der Waals surface area contributed by atoms with E-state index in [0.29, 0.717) is 16.3 Å². The lowest BCUT2D eigenvalue weighted by molar-refractivity contribution is -0.131. The van der Waals surface area contributed by atoms with Crippen LogP contribution in [0.2, 0.25) is 5.02 Å².